The Labute approximate surface area is 165 Å². The molecule has 0 unspecified atom stereocenters. The lowest BCUT2D eigenvalue weighted by Crippen LogP contribution is -2.16. The summed E-state index contributed by atoms with van der Waals surface area (Å²) in [4.78, 5) is 10.4. The third-order valence-electron chi connectivity index (χ3n) is 5.60. The molecule has 2 aromatic heterocycles. The van der Waals surface area contributed by atoms with Crippen LogP contribution in [0.3, 0.4) is 0 Å². The summed E-state index contributed by atoms with van der Waals surface area (Å²) in [6.07, 6.45) is 2.96. The first kappa shape index (κ1) is 18.7. The summed E-state index contributed by atoms with van der Waals surface area (Å²) >= 11 is 0. The van der Waals surface area contributed by atoms with Crippen LogP contribution in [-0.4, -0.2) is 47.2 Å². The molecular formula is C23H28N4O. The average molecular weight is 377 g/mol. The van der Waals surface area contributed by atoms with Gasteiger partial charge in [0.15, 0.2) is 0 Å². The number of aliphatic hydroxyl groups excluding tert-OH is 1. The van der Waals surface area contributed by atoms with E-state index in [0.717, 1.165) is 41.8 Å². The third kappa shape index (κ3) is 3.11. The van der Waals surface area contributed by atoms with Gasteiger partial charge < -0.3 is 20.3 Å². The molecule has 4 rings (SSSR count). The van der Waals surface area contributed by atoms with Gasteiger partial charge >= 0.3 is 0 Å². The molecule has 0 fully saturated rings. The van der Waals surface area contributed by atoms with Gasteiger partial charge in [-0.3, -0.25) is 0 Å². The van der Waals surface area contributed by atoms with Gasteiger partial charge in [0.05, 0.1) is 12.1 Å². The van der Waals surface area contributed by atoms with Crippen LogP contribution in [0.1, 0.15) is 23.1 Å². The van der Waals surface area contributed by atoms with E-state index in [1.165, 1.54) is 32.8 Å². The molecule has 0 aliphatic carbocycles. The lowest BCUT2D eigenvalue weighted by atomic mass is 9.96. The summed E-state index contributed by atoms with van der Waals surface area (Å²) in [6, 6.07) is 8.23. The maximum absolute atomic E-state index is 9.57. The molecule has 2 heterocycles. The van der Waals surface area contributed by atoms with Crippen molar-refractivity contribution in [3.63, 3.8) is 0 Å². The number of nitrogens with zero attached hydrogens (tertiary/aromatic N) is 2. The fourth-order valence-corrected chi connectivity index (χ4v) is 4.16. The van der Waals surface area contributed by atoms with Crippen LogP contribution in [0.15, 0.2) is 30.5 Å². The smallest absolute Gasteiger partial charge is 0.134 e. The Kier molecular flexibility index (Phi) is 4.96. The molecule has 28 heavy (non-hydrogen) atoms. The molecule has 0 radical (unpaired) electrons. The van der Waals surface area contributed by atoms with Crippen LogP contribution in [0.25, 0.3) is 32.6 Å². The van der Waals surface area contributed by atoms with Crippen LogP contribution in [0.2, 0.25) is 0 Å². The van der Waals surface area contributed by atoms with Gasteiger partial charge in [0.25, 0.3) is 0 Å². The summed E-state index contributed by atoms with van der Waals surface area (Å²) < 4.78 is 0. The SMILES string of the molecule is Cc1c2ccnc(NCCCN(C)C)c2c(C)c2c1[nH]c1ccc(CO)cc12. The Balaban J connectivity index is 1.91. The zero-order valence-corrected chi connectivity index (χ0v) is 17.1. The highest BCUT2D eigenvalue weighted by Crippen LogP contribution is 2.38. The molecule has 5 nitrogen and oxygen atoms in total. The lowest BCUT2D eigenvalue weighted by molar-refractivity contribution is 0.282. The van der Waals surface area contributed by atoms with Gasteiger partial charge in [0, 0.05) is 34.4 Å². The van der Waals surface area contributed by atoms with E-state index < -0.39 is 0 Å². The summed E-state index contributed by atoms with van der Waals surface area (Å²) in [7, 11) is 4.19. The van der Waals surface area contributed by atoms with E-state index in [1.807, 2.05) is 12.3 Å². The number of nitrogens with one attached hydrogen (secondary N) is 2. The van der Waals surface area contributed by atoms with Gasteiger partial charge in [-0.15, -0.1) is 0 Å². The first-order valence-corrected chi connectivity index (χ1v) is 9.83. The number of hydrogen-bond acceptors (Lipinski definition) is 4. The summed E-state index contributed by atoms with van der Waals surface area (Å²) in [5.74, 6) is 0.950. The summed E-state index contributed by atoms with van der Waals surface area (Å²) in [6.45, 7) is 6.34. The predicted molar refractivity (Wildman–Crippen MR) is 118 cm³/mol. The van der Waals surface area contributed by atoms with Gasteiger partial charge in [-0.2, -0.15) is 0 Å². The van der Waals surface area contributed by atoms with E-state index in [0.29, 0.717) is 0 Å². The fourth-order valence-electron chi connectivity index (χ4n) is 4.16. The molecule has 0 spiro atoms. The number of aromatic nitrogens is 2. The van der Waals surface area contributed by atoms with Crippen molar-refractivity contribution in [3.8, 4) is 0 Å². The van der Waals surface area contributed by atoms with Gasteiger partial charge in [0.1, 0.15) is 5.82 Å². The Morgan fingerprint density at radius 2 is 1.89 bits per heavy atom. The van der Waals surface area contributed by atoms with Crippen molar-refractivity contribution in [1.82, 2.24) is 14.9 Å². The molecule has 0 saturated carbocycles. The standard InChI is InChI=1S/C23H28N4O/c1-14-17-8-10-25-23(24-9-5-11-27(3)4)21(17)15(2)20-18-12-16(13-28)6-7-19(18)26-22(14)20/h6-8,10,12,26,28H,5,9,11,13H2,1-4H3,(H,24,25). The largest absolute Gasteiger partial charge is 0.392 e. The number of H-pyrrole nitrogens is 1. The third-order valence-corrected chi connectivity index (χ3v) is 5.60. The first-order chi connectivity index (χ1) is 13.5. The van der Waals surface area contributed by atoms with Crippen molar-refractivity contribution in [2.45, 2.75) is 26.9 Å². The first-order valence-electron chi connectivity index (χ1n) is 9.83. The van der Waals surface area contributed by atoms with Crippen LogP contribution >= 0.6 is 0 Å². The number of hydrogen-bond donors (Lipinski definition) is 3. The van der Waals surface area contributed by atoms with Gasteiger partial charge in [0.2, 0.25) is 0 Å². The van der Waals surface area contributed by atoms with Crippen molar-refractivity contribution >= 4 is 38.4 Å². The van der Waals surface area contributed by atoms with E-state index in [4.69, 9.17) is 0 Å². The van der Waals surface area contributed by atoms with E-state index in [9.17, 15) is 5.11 Å². The normalized spacial score (nSPS) is 11.9. The number of rotatable bonds is 6. The predicted octanol–water partition coefficient (Wildman–Crippen LogP) is 4.34. The molecule has 0 aliphatic rings. The molecule has 3 N–H and O–H groups in total. The Bertz CT molecular complexity index is 1160. The van der Waals surface area contributed by atoms with Crippen LogP contribution in [-0.2, 0) is 6.61 Å². The number of benzene rings is 2. The summed E-state index contributed by atoms with van der Waals surface area (Å²) in [5, 5.41) is 17.9. The molecule has 0 amide bonds. The average Bonchev–Trinajstić information content (AvgIpc) is 3.08. The zero-order chi connectivity index (χ0) is 19.8. The summed E-state index contributed by atoms with van der Waals surface area (Å²) in [5.41, 5.74) is 5.65. The number of anilines is 1. The van der Waals surface area contributed by atoms with E-state index in [2.05, 4.69) is 66.3 Å². The molecule has 146 valence electrons. The van der Waals surface area contributed by atoms with E-state index in [1.54, 1.807) is 0 Å². The second-order valence-corrected chi connectivity index (χ2v) is 7.83. The monoisotopic (exact) mass is 376 g/mol. The lowest BCUT2D eigenvalue weighted by Gasteiger charge is -2.15. The molecule has 2 aromatic carbocycles. The van der Waals surface area contributed by atoms with Crippen molar-refractivity contribution in [2.24, 2.45) is 0 Å². The molecular weight excluding hydrogens is 348 g/mol. The van der Waals surface area contributed by atoms with Crippen molar-refractivity contribution in [1.29, 1.82) is 0 Å². The number of aryl methyl sites for hydroxylation is 2. The fraction of sp³-hybridized carbons (Fsp3) is 0.348. The van der Waals surface area contributed by atoms with Crippen molar-refractivity contribution < 1.29 is 5.11 Å². The molecule has 0 aliphatic heterocycles. The second kappa shape index (κ2) is 7.41. The molecule has 0 bridgehead atoms. The number of fused-ring (bicyclic) bond motifs is 4. The molecule has 4 aromatic rings. The van der Waals surface area contributed by atoms with Crippen LogP contribution in [0, 0.1) is 13.8 Å². The van der Waals surface area contributed by atoms with Gasteiger partial charge in [-0.1, -0.05) is 6.07 Å². The zero-order valence-electron chi connectivity index (χ0n) is 17.1. The molecule has 5 heteroatoms. The highest BCUT2D eigenvalue weighted by molar-refractivity contribution is 6.18. The highest BCUT2D eigenvalue weighted by Gasteiger charge is 2.17. The maximum atomic E-state index is 9.57. The molecule has 0 atom stereocenters. The quantitative estimate of drug-likeness (QED) is 0.438. The Morgan fingerprint density at radius 1 is 1.07 bits per heavy atom. The van der Waals surface area contributed by atoms with Crippen LogP contribution < -0.4 is 5.32 Å². The minimum absolute atomic E-state index is 0.0501. The van der Waals surface area contributed by atoms with E-state index >= 15 is 0 Å². The highest BCUT2D eigenvalue weighted by atomic mass is 16.3. The number of aromatic amines is 1. The van der Waals surface area contributed by atoms with E-state index in [-0.39, 0.29) is 6.61 Å². The maximum Gasteiger partial charge on any atom is 0.134 e. The minimum atomic E-state index is 0.0501. The minimum Gasteiger partial charge on any atom is -0.392 e. The number of pyridine rings is 1. The Morgan fingerprint density at radius 3 is 2.64 bits per heavy atom. The van der Waals surface area contributed by atoms with Gasteiger partial charge in [-0.25, -0.2) is 4.98 Å². The van der Waals surface area contributed by atoms with Crippen molar-refractivity contribution in [3.05, 3.63) is 47.2 Å². The topological polar surface area (TPSA) is 64.2 Å². The second-order valence-electron chi connectivity index (χ2n) is 7.83. The van der Waals surface area contributed by atoms with Crippen LogP contribution in [0.5, 0.6) is 0 Å². The van der Waals surface area contributed by atoms with Crippen LogP contribution in [0.4, 0.5) is 5.82 Å². The Hall–Kier alpha value is -2.63. The van der Waals surface area contributed by atoms with Crippen molar-refractivity contribution in [2.75, 3.05) is 32.5 Å². The molecule has 0 saturated heterocycles. The number of aliphatic hydroxyl groups is 1. The van der Waals surface area contributed by atoms with Gasteiger partial charge in [-0.05, 0) is 81.2 Å².